The van der Waals surface area contributed by atoms with Crippen molar-refractivity contribution in [3.05, 3.63) is 30.6 Å². The Morgan fingerprint density at radius 3 is 2.65 bits per heavy atom. The van der Waals surface area contributed by atoms with E-state index in [0.717, 1.165) is 17.1 Å². The summed E-state index contributed by atoms with van der Waals surface area (Å²) in [6.07, 6.45) is 1.66. The second-order valence-corrected chi connectivity index (χ2v) is 3.82. The van der Waals surface area contributed by atoms with Gasteiger partial charge in [-0.15, -0.1) is 21.8 Å². The van der Waals surface area contributed by atoms with E-state index in [4.69, 9.17) is 17.3 Å². The smallest absolute Gasteiger partial charge is 0.163 e. The molecule has 88 valence electrons. The van der Waals surface area contributed by atoms with E-state index in [1.807, 2.05) is 35.9 Å². The highest BCUT2D eigenvalue weighted by Crippen LogP contribution is 2.20. The number of amidine groups is 1. The largest absolute Gasteiger partial charge is 0.386 e. The van der Waals surface area contributed by atoms with Gasteiger partial charge in [0.1, 0.15) is 12.2 Å². The summed E-state index contributed by atoms with van der Waals surface area (Å²) in [6.45, 7) is 0. The Morgan fingerprint density at radius 2 is 2.12 bits per heavy atom. The van der Waals surface area contributed by atoms with Crippen molar-refractivity contribution in [2.75, 3.05) is 5.88 Å². The van der Waals surface area contributed by atoms with Crippen molar-refractivity contribution in [3.63, 3.8) is 0 Å². The molecule has 1 heterocycles. The second-order valence-electron chi connectivity index (χ2n) is 3.55. The van der Waals surface area contributed by atoms with E-state index in [0.29, 0.717) is 5.84 Å². The fraction of sp³-hybridized carbons (Fsp3) is 0.182. The van der Waals surface area contributed by atoms with Crippen LogP contribution in [0.1, 0.15) is 0 Å². The zero-order valence-electron chi connectivity index (χ0n) is 9.34. The molecule has 0 unspecified atom stereocenters. The molecule has 0 aliphatic heterocycles. The zero-order valence-corrected chi connectivity index (χ0v) is 10.1. The normalized spacial score (nSPS) is 11.8. The molecule has 0 saturated carbocycles. The first kappa shape index (κ1) is 11.6. The Balaban J connectivity index is 2.28. The molecule has 1 aromatic heterocycles. The van der Waals surface area contributed by atoms with Gasteiger partial charge in [0.15, 0.2) is 5.82 Å². The van der Waals surface area contributed by atoms with Gasteiger partial charge in [-0.3, -0.25) is 0 Å². The molecule has 0 saturated heterocycles. The molecule has 2 aromatic rings. The van der Waals surface area contributed by atoms with Crippen LogP contribution in [-0.4, -0.2) is 26.5 Å². The lowest BCUT2D eigenvalue weighted by Crippen LogP contribution is -2.12. The lowest BCUT2D eigenvalue weighted by Gasteiger charge is -2.01. The fourth-order valence-corrected chi connectivity index (χ4v) is 1.49. The Morgan fingerprint density at radius 1 is 1.41 bits per heavy atom. The monoisotopic (exact) mass is 249 g/mol. The minimum Gasteiger partial charge on any atom is -0.386 e. The molecule has 0 aliphatic carbocycles. The van der Waals surface area contributed by atoms with E-state index >= 15 is 0 Å². The van der Waals surface area contributed by atoms with E-state index in [1.54, 1.807) is 6.33 Å². The van der Waals surface area contributed by atoms with Crippen molar-refractivity contribution >= 4 is 23.1 Å². The van der Waals surface area contributed by atoms with Crippen molar-refractivity contribution in [1.29, 1.82) is 0 Å². The number of nitrogens with two attached hydrogens (primary N) is 1. The topological polar surface area (TPSA) is 69.1 Å². The molecule has 2 rings (SSSR count). The minimum absolute atomic E-state index is 0.227. The summed E-state index contributed by atoms with van der Waals surface area (Å²) in [6, 6.07) is 7.57. The van der Waals surface area contributed by atoms with Crippen molar-refractivity contribution in [1.82, 2.24) is 14.8 Å². The molecular formula is C11H12ClN5. The molecule has 0 atom stereocenters. The number of alkyl halides is 1. The summed E-state index contributed by atoms with van der Waals surface area (Å²) in [4.78, 5) is 4.14. The lowest BCUT2D eigenvalue weighted by atomic mass is 10.2. The third-order valence-electron chi connectivity index (χ3n) is 2.25. The summed E-state index contributed by atoms with van der Waals surface area (Å²) in [5.41, 5.74) is 7.31. The number of rotatable bonds is 3. The van der Waals surface area contributed by atoms with Crippen LogP contribution in [0.5, 0.6) is 0 Å². The van der Waals surface area contributed by atoms with Crippen LogP contribution in [0, 0.1) is 0 Å². The number of halogens is 1. The van der Waals surface area contributed by atoms with Gasteiger partial charge in [0.25, 0.3) is 0 Å². The molecule has 5 nitrogen and oxygen atoms in total. The van der Waals surface area contributed by atoms with Crippen LogP contribution in [0.15, 0.2) is 35.6 Å². The van der Waals surface area contributed by atoms with Crippen LogP contribution in [0.25, 0.3) is 11.4 Å². The second kappa shape index (κ2) is 4.97. The number of benzene rings is 1. The molecule has 1 aromatic carbocycles. The van der Waals surface area contributed by atoms with Crippen LogP contribution in [0.3, 0.4) is 0 Å². The van der Waals surface area contributed by atoms with Gasteiger partial charge in [0, 0.05) is 12.6 Å². The molecule has 0 amide bonds. The Labute approximate surface area is 104 Å². The first-order valence-electron chi connectivity index (χ1n) is 5.04. The van der Waals surface area contributed by atoms with Crippen molar-refractivity contribution in [2.24, 2.45) is 17.8 Å². The highest BCUT2D eigenvalue weighted by molar-refractivity contribution is 6.28. The first-order chi connectivity index (χ1) is 8.20. The molecular weight excluding hydrogens is 238 g/mol. The molecule has 2 N–H and O–H groups in total. The molecule has 0 aliphatic rings. The SMILES string of the molecule is Cn1cnnc1-c1ccc(N=C(N)CCl)cc1. The van der Waals surface area contributed by atoms with E-state index in [-0.39, 0.29) is 5.88 Å². The summed E-state index contributed by atoms with van der Waals surface area (Å²) in [5, 5.41) is 7.85. The van der Waals surface area contributed by atoms with Crippen LogP contribution in [-0.2, 0) is 7.05 Å². The Bertz CT molecular complexity index is 529. The van der Waals surface area contributed by atoms with Crippen LogP contribution < -0.4 is 5.73 Å². The number of hydrogen-bond donors (Lipinski definition) is 1. The maximum Gasteiger partial charge on any atom is 0.163 e. The Kier molecular flexibility index (Phi) is 3.39. The highest BCUT2D eigenvalue weighted by atomic mass is 35.5. The number of nitrogens with zero attached hydrogens (tertiary/aromatic N) is 4. The van der Waals surface area contributed by atoms with Gasteiger partial charge < -0.3 is 10.3 Å². The van der Waals surface area contributed by atoms with Gasteiger partial charge in [0.05, 0.1) is 11.6 Å². The molecule has 0 bridgehead atoms. The number of hydrogen-bond acceptors (Lipinski definition) is 3. The number of aliphatic imine (C=N–C) groups is 1. The average Bonchev–Trinajstić information content (AvgIpc) is 2.76. The third-order valence-corrected chi connectivity index (χ3v) is 2.52. The summed E-state index contributed by atoms with van der Waals surface area (Å²) in [5.74, 6) is 1.44. The highest BCUT2D eigenvalue weighted by Gasteiger charge is 2.03. The van der Waals surface area contributed by atoms with Gasteiger partial charge in [-0.05, 0) is 24.3 Å². The maximum absolute atomic E-state index is 5.56. The van der Waals surface area contributed by atoms with Crippen molar-refractivity contribution in [3.8, 4) is 11.4 Å². The average molecular weight is 250 g/mol. The predicted octanol–water partition coefficient (Wildman–Crippen LogP) is 1.71. The van der Waals surface area contributed by atoms with E-state index in [1.165, 1.54) is 0 Å². The van der Waals surface area contributed by atoms with Gasteiger partial charge >= 0.3 is 0 Å². The summed E-state index contributed by atoms with van der Waals surface area (Å²) < 4.78 is 1.85. The number of aromatic nitrogens is 3. The van der Waals surface area contributed by atoms with Crippen LogP contribution >= 0.6 is 11.6 Å². The van der Waals surface area contributed by atoms with Crippen molar-refractivity contribution < 1.29 is 0 Å². The first-order valence-corrected chi connectivity index (χ1v) is 5.57. The van der Waals surface area contributed by atoms with Gasteiger partial charge in [-0.25, -0.2) is 4.99 Å². The van der Waals surface area contributed by atoms with Crippen LogP contribution in [0.2, 0.25) is 0 Å². The lowest BCUT2D eigenvalue weighted by molar-refractivity contribution is 0.920. The fourth-order valence-electron chi connectivity index (χ4n) is 1.43. The van der Waals surface area contributed by atoms with Gasteiger partial charge in [-0.1, -0.05) is 0 Å². The van der Waals surface area contributed by atoms with E-state index in [2.05, 4.69) is 15.2 Å². The Hall–Kier alpha value is -1.88. The van der Waals surface area contributed by atoms with E-state index < -0.39 is 0 Å². The molecule has 6 heteroatoms. The van der Waals surface area contributed by atoms with Gasteiger partial charge in [-0.2, -0.15) is 0 Å². The van der Waals surface area contributed by atoms with Gasteiger partial charge in [0.2, 0.25) is 0 Å². The zero-order chi connectivity index (χ0) is 12.3. The standard InChI is InChI=1S/C11H12ClN5/c1-17-7-14-16-11(17)8-2-4-9(5-3-8)15-10(13)6-12/h2-5,7H,6H2,1H3,(H2,13,15). The predicted molar refractivity (Wildman–Crippen MR) is 68.4 cm³/mol. The molecule has 17 heavy (non-hydrogen) atoms. The van der Waals surface area contributed by atoms with E-state index in [9.17, 15) is 0 Å². The quantitative estimate of drug-likeness (QED) is 0.512. The molecule has 0 spiro atoms. The molecule has 0 radical (unpaired) electrons. The van der Waals surface area contributed by atoms with Crippen molar-refractivity contribution in [2.45, 2.75) is 0 Å². The summed E-state index contributed by atoms with van der Waals surface area (Å²) in [7, 11) is 1.90. The minimum atomic E-state index is 0.227. The third kappa shape index (κ3) is 2.62. The number of aryl methyl sites for hydroxylation is 1. The maximum atomic E-state index is 5.56. The summed E-state index contributed by atoms with van der Waals surface area (Å²) >= 11 is 5.56. The van der Waals surface area contributed by atoms with Crippen LogP contribution in [0.4, 0.5) is 5.69 Å². The molecule has 0 fully saturated rings.